The third-order valence-corrected chi connectivity index (χ3v) is 5.05. The van der Waals surface area contributed by atoms with Crippen LogP contribution >= 0.6 is 11.6 Å². The highest BCUT2D eigenvalue weighted by molar-refractivity contribution is 6.17. The molecule has 3 rings (SSSR count). The van der Waals surface area contributed by atoms with Crippen LogP contribution in [0.1, 0.15) is 55.0 Å². The predicted octanol–water partition coefficient (Wildman–Crippen LogP) is 3.08. The fourth-order valence-corrected chi connectivity index (χ4v) is 3.88. The van der Waals surface area contributed by atoms with E-state index in [4.69, 9.17) is 11.6 Å². The van der Waals surface area contributed by atoms with Gasteiger partial charge in [0.2, 0.25) is 0 Å². The largest absolute Gasteiger partial charge is 0.309 e. The molecule has 0 atom stereocenters. The number of nitrogens with zero attached hydrogens (tertiary/aromatic N) is 2. The zero-order chi connectivity index (χ0) is 14.1. The van der Waals surface area contributed by atoms with Crippen LogP contribution < -0.4 is 5.56 Å². The van der Waals surface area contributed by atoms with Crippen molar-refractivity contribution >= 4 is 11.6 Å². The van der Waals surface area contributed by atoms with Gasteiger partial charge in [0.1, 0.15) is 0 Å². The minimum absolute atomic E-state index is 0.162. The normalized spacial score (nSPS) is 20.9. The standard InChI is InChI=1S/C16H23ClN2O/c1-18-8-7-15-13(11-18)9-12(10-17)16(20)19(15)14-5-3-2-4-6-14/h9,14H,2-8,10-11H2,1H3. The maximum absolute atomic E-state index is 12.7. The first-order valence-electron chi connectivity index (χ1n) is 7.71. The van der Waals surface area contributed by atoms with E-state index in [0.717, 1.165) is 37.9 Å². The summed E-state index contributed by atoms with van der Waals surface area (Å²) >= 11 is 6.00. The number of hydrogen-bond acceptors (Lipinski definition) is 2. The number of halogens is 1. The van der Waals surface area contributed by atoms with Crippen LogP contribution in [0.3, 0.4) is 0 Å². The molecule has 1 fully saturated rings. The zero-order valence-corrected chi connectivity index (χ0v) is 13.0. The van der Waals surface area contributed by atoms with E-state index in [0.29, 0.717) is 11.9 Å². The minimum atomic E-state index is 0.162. The molecular formula is C16H23ClN2O. The van der Waals surface area contributed by atoms with E-state index >= 15 is 0 Å². The van der Waals surface area contributed by atoms with E-state index in [2.05, 4.69) is 16.5 Å². The topological polar surface area (TPSA) is 25.2 Å². The van der Waals surface area contributed by atoms with Gasteiger partial charge in [-0.1, -0.05) is 19.3 Å². The smallest absolute Gasteiger partial charge is 0.255 e. The number of fused-ring (bicyclic) bond motifs is 1. The summed E-state index contributed by atoms with van der Waals surface area (Å²) in [6.07, 6.45) is 7.08. The first-order chi connectivity index (χ1) is 9.70. The summed E-state index contributed by atoms with van der Waals surface area (Å²) in [5.74, 6) is 0.322. The third-order valence-electron chi connectivity index (χ3n) is 4.76. The molecule has 110 valence electrons. The van der Waals surface area contributed by atoms with E-state index in [1.807, 2.05) is 6.07 Å². The number of likely N-dealkylation sites (N-methyl/N-ethyl adjacent to an activating group) is 1. The lowest BCUT2D eigenvalue weighted by Gasteiger charge is -2.33. The van der Waals surface area contributed by atoms with Crippen molar-refractivity contribution in [2.45, 2.75) is 57.0 Å². The average molecular weight is 295 g/mol. The Balaban J connectivity index is 2.10. The van der Waals surface area contributed by atoms with E-state index < -0.39 is 0 Å². The van der Waals surface area contributed by atoms with Crippen LogP contribution in [0.15, 0.2) is 10.9 Å². The second-order valence-corrected chi connectivity index (χ2v) is 6.50. The minimum Gasteiger partial charge on any atom is -0.309 e. The summed E-state index contributed by atoms with van der Waals surface area (Å²) in [5, 5.41) is 0. The van der Waals surface area contributed by atoms with Crippen molar-refractivity contribution < 1.29 is 0 Å². The Hall–Kier alpha value is -0.800. The molecule has 1 aliphatic carbocycles. The van der Waals surface area contributed by atoms with Crippen molar-refractivity contribution in [2.24, 2.45) is 0 Å². The number of alkyl halides is 1. The van der Waals surface area contributed by atoms with Crippen molar-refractivity contribution in [3.05, 3.63) is 33.2 Å². The first-order valence-corrected chi connectivity index (χ1v) is 8.25. The Morgan fingerprint density at radius 1 is 1.30 bits per heavy atom. The van der Waals surface area contributed by atoms with Gasteiger partial charge in [-0.2, -0.15) is 0 Å². The summed E-state index contributed by atoms with van der Waals surface area (Å²) in [5.41, 5.74) is 3.51. The molecule has 1 saturated carbocycles. The Morgan fingerprint density at radius 3 is 2.75 bits per heavy atom. The van der Waals surface area contributed by atoms with Gasteiger partial charge < -0.3 is 9.47 Å². The molecule has 0 radical (unpaired) electrons. The highest BCUT2D eigenvalue weighted by atomic mass is 35.5. The van der Waals surface area contributed by atoms with Crippen molar-refractivity contribution in [1.29, 1.82) is 0 Å². The van der Waals surface area contributed by atoms with E-state index in [1.54, 1.807) is 0 Å². The van der Waals surface area contributed by atoms with Gasteiger partial charge in [0, 0.05) is 36.8 Å². The first kappa shape index (κ1) is 14.2. The maximum atomic E-state index is 12.7. The van der Waals surface area contributed by atoms with Crippen LogP contribution in [0, 0.1) is 0 Å². The van der Waals surface area contributed by atoms with Crippen LogP contribution in [0.5, 0.6) is 0 Å². The number of aromatic nitrogens is 1. The molecule has 1 aromatic rings. The SMILES string of the molecule is CN1CCc2c(cc(CCl)c(=O)n2C2CCCCC2)C1. The summed E-state index contributed by atoms with van der Waals surface area (Å²) < 4.78 is 2.11. The zero-order valence-electron chi connectivity index (χ0n) is 12.2. The molecule has 0 bridgehead atoms. The molecule has 1 aliphatic heterocycles. The van der Waals surface area contributed by atoms with Gasteiger partial charge in [-0.05, 0) is 31.5 Å². The van der Waals surface area contributed by atoms with Gasteiger partial charge in [0.05, 0.1) is 5.88 Å². The highest BCUT2D eigenvalue weighted by Crippen LogP contribution is 2.30. The van der Waals surface area contributed by atoms with E-state index in [1.165, 1.54) is 30.5 Å². The molecule has 3 nitrogen and oxygen atoms in total. The predicted molar refractivity (Wildman–Crippen MR) is 82.4 cm³/mol. The lowest BCUT2D eigenvalue weighted by Crippen LogP contribution is -2.37. The molecule has 0 amide bonds. The van der Waals surface area contributed by atoms with Crippen molar-refractivity contribution in [3.8, 4) is 0 Å². The Morgan fingerprint density at radius 2 is 2.05 bits per heavy atom. The molecule has 20 heavy (non-hydrogen) atoms. The van der Waals surface area contributed by atoms with Gasteiger partial charge in [0.25, 0.3) is 5.56 Å². The second-order valence-electron chi connectivity index (χ2n) is 6.23. The lowest BCUT2D eigenvalue weighted by atomic mass is 9.93. The molecule has 0 aromatic carbocycles. The van der Waals surface area contributed by atoms with Crippen LogP contribution in [0.2, 0.25) is 0 Å². The number of rotatable bonds is 2. The molecular weight excluding hydrogens is 272 g/mol. The molecule has 2 heterocycles. The highest BCUT2D eigenvalue weighted by Gasteiger charge is 2.25. The van der Waals surface area contributed by atoms with Crippen molar-refractivity contribution in [1.82, 2.24) is 9.47 Å². The fourth-order valence-electron chi connectivity index (χ4n) is 3.69. The fraction of sp³-hybridized carbons (Fsp3) is 0.688. The van der Waals surface area contributed by atoms with Gasteiger partial charge in [-0.15, -0.1) is 11.6 Å². The molecule has 0 spiro atoms. The van der Waals surface area contributed by atoms with Gasteiger partial charge in [0.15, 0.2) is 0 Å². The second kappa shape index (κ2) is 5.90. The van der Waals surface area contributed by atoms with Gasteiger partial charge in [-0.3, -0.25) is 4.79 Å². The van der Waals surface area contributed by atoms with Crippen LogP contribution in [-0.4, -0.2) is 23.1 Å². The van der Waals surface area contributed by atoms with E-state index in [9.17, 15) is 4.79 Å². The Bertz CT molecular complexity index is 546. The van der Waals surface area contributed by atoms with Crippen LogP contribution in [0.25, 0.3) is 0 Å². The molecule has 0 saturated heterocycles. The molecule has 0 unspecified atom stereocenters. The van der Waals surface area contributed by atoms with Crippen molar-refractivity contribution in [2.75, 3.05) is 13.6 Å². The summed E-state index contributed by atoms with van der Waals surface area (Å²) in [6, 6.07) is 2.44. The Kier molecular flexibility index (Phi) is 4.18. The lowest BCUT2D eigenvalue weighted by molar-refractivity contribution is 0.285. The average Bonchev–Trinajstić information content (AvgIpc) is 2.47. The molecule has 1 aromatic heterocycles. The number of hydrogen-bond donors (Lipinski definition) is 0. The van der Waals surface area contributed by atoms with Crippen LogP contribution in [-0.2, 0) is 18.8 Å². The number of pyridine rings is 1. The van der Waals surface area contributed by atoms with Gasteiger partial charge in [-0.25, -0.2) is 0 Å². The third kappa shape index (κ3) is 2.53. The summed E-state index contributed by atoms with van der Waals surface area (Å²) in [4.78, 5) is 15.0. The van der Waals surface area contributed by atoms with Gasteiger partial charge >= 0.3 is 0 Å². The monoisotopic (exact) mass is 294 g/mol. The van der Waals surface area contributed by atoms with Crippen LogP contribution in [0.4, 0.5) is 0 Å². The molecule has 0 N–H and O–H groups in total. The summed E-state index contributed by atoms with van der Waals surface area (Å²) in [6.45, 7) is 1.98. The Labute approximate surface area is 125 Å². The quantitative estimate of drug-likeness (QED) is 0.783. The van der Waals surface area contributed by atoms with E-state index in [-0.39, 0.29) is 5.56 Å². The summed E-state index contributed by atoms with van der Waals surface area (Å²) in [7, 11) is 2.14. The molecule has 2 aliphatic rings. The molecule has 4 heteroatoms. The van der Waals surface area contributed by atoms with Crippen molar-refractivity contribution in [3.63, 3.8) is 0 Å². The maximum Gasteiger partial charge on any atom is 0.255 e.